The largest absolute Gasteiger partial charge is 0.450 e. The zero-order valence-corrected chi connectivity index (χ0v) is 19.5. The van der Waals surface area contributed by atoms with Crippen molar-refractivity contribution in [1.82, 2.24) is 9.97 Å². The highest BCUT2D eigenvalue weighted by Gasteiger charge is 2.17. The summed E-state index contributed by atoms with van der Waals surface area (Å²) >= 11 is 0. The lowest BCUT2D eigenvalue weighted by Crippen LogP contribution is -2.23. The van der Waals surface area contributed by atoms with E-state index in [2.05, 4.69) is 28.7 Å². The summed E-state index contributed by atoms with van der Waals surface area (Å²) in [4.78, 5) is 33.2. The summed E-state index contributed by atoms with van der Waals surface area (Å²) in [5.74, 6) is 4.97. The molecular weight excluding hydrogens is 400 g/mol. The zero-order valence-electron chi connectivity index (χ0n) is 19.5. The van der Waals surface area contributed by atoms with Crippen LogP contribution in [0.1, 0.15) is 88.1 Å². The molecule has 0 saturated heterocycles. The fourth-order valence-corrected chi connectivity index (χ4v) is 3.16. The van der Waals surface area contributed by atoms with E-state index in [1.165, 1.54) is 39.0 Å². The number of hydrogen-bond acceptors (Lipinski definition) is 5. The van der Waals surface area contributed by atoms with E-state index in [9.17, 15) is 9.59 Å². The number of carbonyl (C=O) groups excluding carboxylic acids is 2. The Bertz CT molecular complexity index is 909. The average molecular weight is 435 g/mol. The molecule has 1 heterocycles. The van der Waals surface area contributed by atoms with Crippen molar-refractivity contribution in [3.05, 3.63) is 47.8 Å². The molecule has 0 fully saturated rings. The van der Waals surface area contributed by atoms with Crippen LogP contribution in [0.5, 0.6) is 0 Å². The maximum absolute atomic E-state index is 12.3. The van der Waals surface area contributed by atoms with E-state index in [0.29, 0.717) is 17.8 Å². The van der Waals surface area contributed by atoms with Crippen molar-refractivity contribution in [3.63, 3.8) is 0 Å². The maximum atomic E-state index is 12.3. The van der Waals surface area contributed by atoms with Crippen LogP contribution in [0.3, 0.4) is 0 Å². The number of Topliss-reactive ketones (excluding diaryl/α,β-unsaturated/α-hetero) is 1. The highest BCUT2D eigenvalue weighted by molar-refractivity contribution is 6.01. The van der Waals surface area contributed by atoms with Crippen molar-refractivity contribution in [2.75, 3.05) is 0 Å². The van der Waals surface area contributed by atoms with E-state index in [1.807, 2.05) is 19.3 Å². The van der Waals surface area contributed by atoms with Gasteiger partial charge in [0.25, 0.3) is 0 Å². The summed E-state index contributed by atoms with van der Waals surface area (Å²) in [5, 5.41) is 0. The molecule has 1 unspecified atom stereocenters. The molecule has 0 N–H and O–H groups in total. The fraction of sp³-hybridized carbons (Fsp3) is 0.481. The molecule has 5 heteroatoms. The standard InChI is InChI=1S/C27H34N2O3/c1-4-6-8-9-10-12-13-22-19-28-26(29-20-22)23-15-17-24(18-16-23)27(31)32-21(3)25(30)14-11-7-5-2/h15-21H,4-10,12-13H2,1-3H3. The fourth-order valence-electron chi connectivity index (χ4n) is 3.16. The molecule has 2 aromatic rings. The van der Waals surface area contributed by atoms with Gasteiger partial charge in [-0.2, -0.15) is 0 Å². The number of nitrogens with zero attached hydrogens (tertiary/aromatic N) is 2. The van der Waals surface area contributed by atoms with Gasteiger partial charge >= 0.3 is 5.97 Å². The SMILES string of the molecule is CCCC#CC(=O)C(C)OC(=O)c1ccc(-c2ncc(CCCCCCCC)cn2)cc1. The van der Waals surface area contributed by atoms with E-state index in [0.717, 1.165) is 30.4 Å². The van der Waals surface area contributed by atoms with Gasteiger partial charge in [-0.15, -0.1) is 0 Å². The van der Waals surface area contributed by atoms with Gasteiger partial charge in [0.2, 0.25) is 5.78 Å². The molecule has 2 rings (SSSR count). The van der Waals surface area contributed by atoms with Gasteiger partial charge in [0.1, 0.15) is 0 Å². The van der Waals surface area contributed by atoms with E-state index in [1.54, 1.807) is 24.3 Å². The Balaban J connectivity index is 1.87. The van der Waals surface area contributed by atoms with Gasteiger partial charge in [-0.3, -0.25) is 4.79 Å². The summed E-state index contributed by atoms with van der Waals surface area (Å²) in [6.45, 7) is 5.75. The van der Waals surface area contributed by atoms with Gasteiger partial charge in [0, 0.05) is 24.4 Å². The maximum Gasteiger partial charge on any atom is 0.338 e. The summed E-state index contributed by atoms with van der Waals surface area (Å²) < 4.78 is 5.24. The first-order valence-corrected chi connectivity index (χ1v) is 11.7. The minimum Gasteiger partial charge on any atom is -0.450 e. The van der Waals surface area contributed by atoms with Crippen LogP contribution < -0.4 is 0 Å². The van der Waals surface area contributed by atoms with Crippen molar-refractivity contribution >= 4 is 11.8 Å². The predicted octanol–water partition coefficient (Wildman–Crippen LogP) is 5.96. The summed E-state index contributed by atoms with van der Waals surface area (Å²) in [6, 6.07) is 6.89. The molecule has 1 atom stereocenters. The topological polar surface area (TPSA) is 69.2 Å². The molecule has 0 aliphatic carbocycles. The van der Waals surface area contributed by atoms with Crippen LogP contribution in [-0.4, -0.2) is 27.8 Å². The van der Waals surface area contributed by atoms with Gasteiger partial charge < -0.3 is 4.74 Å². The lowest BCUT2D eigenvalue weighted by Gasteiger charge is -2.09. The van der Waals surface area contributed by atoms with Crippen LogP contribution in [0, 0.1) is 11.8 Å². The Labute approximate surface area is 192 Å². The zero-order chi connectivity index (χ0) is 23.2. The van der Waals surface area contributed by atoms with Gasteiger partial charge in [-0.25, -0.2) is 14.8 Å². The Morgan fingerprint density at radius 3 is 2.25 bits per heavy atom. The van der Waals surface area contributed by atoms with Crippen molar-refractivity contribution in [1.29, 1.82) is 0 Å². The van der Waals surface area contributed by atoms with Crippen molar-refractivity contribution in [2.45, 2.75) is 84.7 Å². The molecule has 170 valence electrons. The molecular formula is C27H34N2O3. The molecule has 0 spiro atoms. The summed E-state index contributed by atoms with van der Waals surface area (Å²) in [7, 11) is 0. The molecule has 0 aliphatic rings. The number of benzene rings is 1. The normalized spacial score (nSPS) is 11.3. The van der Waals surface area contributed by atoms with E-state index in [4.69, 9.17) is 4.74 Å². The number of aryl methyl sites for hydroxylation is 1. The molecule has 0 amide bonds. The quantitative estimate of drug-likeness (QED) is 0.178. The third-order valence-electron chi connectivity index (χ3n) is 5.14. The summed E-state index contributed by atoms with van der Waals surface area (Å²) in [5.41, 5.74) is 2.34. The monoisotopic (exact) mass is 434 g/mol. The number of ketones is 1. The second kappa shape index (κ2) is 14.1. The van der Waals surface area contributed by atoms with Crippen molar-refractivity contribution in [3.8, 4) is 23.2 Å². The second-order valence-corrected chi connectivity index (χ2v) is 7.97. The lowest BCUT2D eigenvalue weighted by atomic mass is 10.1. The number of unbranched alkanes of at least 4 members (excludes halogenated alkanes) is 6. The molecule has 0 aliphatic heterocycles. The molecule has 1 aromatic carbocycles. The van der Waals surface area contributed by atoms with E-state index >= 15 is 0 Å². The molecule has 0 saturated carbocycles. The number of rotatable bonds is 12. The highest BCUT2D eigenvalue weighted by atomic mass is 16.5. The number of carbonyl (C=O) groups is 2. The Hall–Kier alpha value is -3.00. The van der Waals surface area contributed by atoms with Crippen molar-refractivity contribution < 1.29 is 14.3 Å². The van der Waals surface area contributed by atoms with Crippen LogP contribution in [0.25, 0.3) is 11.4 Å². The number of ether oxygens (including phenoxy) is 1. The molecule has 5 nitrogen and oxygen atoms in total. The third-order valence-corrected chi connectivity index (χ3v) is 5.14. The van der Waals surface area contributed by atoms with Crippen LogP contribution >= 0.6 is 0 Å². The van der Waals surface area contributed by atoms with Crippen LogP contribution in [0.4, 0.5) is 0 Å². The van der Waals surface area contributed by atoms with Gasteiger partial charge in [-0.1, -0.05) is 64.0 Å². The first-order valence-electron chi connectivity index (χ1n) is 11.7. The minimum atomic E-state index is -0.894. The van der Waals surface area contributed by atoms with E-state index in [-0.39, 0.29) is 0 Å². The molecule has 32 heavy (non-hydrogen) atoms. The number of hydrogen-bond donors (Lipinski definition) is 0. The highest BCUT2D eigenvalue weighted by Crippen LogP contribution is 2.17. The van der Waals surface area contributed by atoms with Gasteiger partial charge in [-0.05, 0) is 49.8 Å². The predicted molar refractivity (Wildman–Crippen MR) is 127 cm³/mol. The summed E-state index contributed by atoms with van der Waals surface area (Å²) in [6.07, 6.45) is 13.0. The average Bonchev–Trinajstić information content (AvgIpc) is 2.82. The van der Waals surface area contributed by atoms with Gasteiger partial charge in [0.15, 0.2) is 11.9 Å². The number of aromatic nitrogens is 2. The first-order chi connectivity index (χ1) is 15.5. The minimum absolute atomic E-state index is 0.370. The Kier molecular flexibility index (Phi) is 11.2. The number of esters is 1. The smallest absolute Gasteiger partial charge is 0.338 e. The Morgan fingerprint density at radius 1 is 0.938 bits per heavy atom. The van der Waals surface area contributed by atoms with Crippen LogP contribution in [0.2, 0.25) is 0 Å². The lowest BCUT2D eigenvalue weighted by molar-refractivity contribution is -0.121. The third kappa shape index (κ3) is 8.63. The van der Waals surface area contributed by atoms with Crippen molar-refractivity contribution in [2.24, 2.45) is 0 Å². The first kappa shape index (κ1) is 25.3. The Morgan fingerprint density at radius 2 is 1.59 bits per heavy atom. The molecule has 0 bridgehead atoms. The van der Waals surface area contributed by atoms with Crippen LogP contribution in [0.15, 0.2) is 36.7 Å². The second-order valence-electron chi connectivity index (χ2n) is 7.97. The van der Waals surface area contributed by atoms with E-state index < -0.39 is 17.9 Å². The molecule has 1 aromatic heterocycles. The van der Waals surface area contributed by atoms with Crippen LogP contribution in [-0.2, 0) is 16.0 Å². The molecule has 0 radical (unpaired) electrons. The van der Waals surface area contributed by atoms with Gasteiger partial charge in [0.05, 0.1) is 5.56 Å².